The molecule has 0 bridgehead atoms. The molecule has 0 spiro atoms. The molecule has 1 amide bonds. The number of carbonyl (C=O) groups excluding carboxylic acids is 1. The molecular formula is C46H49ClFN9O5S. The lowest BCUT2D eigenvalue weighted by atomic mass is 9.72. The van der Waals surface area contributed by atoms with E-state index in [1.165, 1.54) is 28.8 Å². The Bertz CT molecular complexity index is 2850. The Kier molecular flexibility index (Phi) is 11.6. The van der Waals surface area contributed by atoms with Crippen LogP contribution in [0.3, 0.4) is 0 Å². The van der Waals surface area contributed by atoms with Crippen molar-refractivity contribution in [2.24, 2.45) is 10.6 Å². The molecule has 1 unspecified atom stereocenters. The summed E-state index contributed by atoms with van der Waals surface area (Å²) in [6, 6.07) is 20.9. The number of H-pyrrole nitrogens is 1. The summed E-state index contributed by atoms with van der Waals surface area (Å²) < 4.78 is 51.8. The standard InChI is InChI=1S/C46H49ClFN9O5S/c1-45(2)15-12-32(37(25-45)30-4-6-33(47)7-5-30)27-55-17-19-56(20-18-55)34-8-10-36(41(23-34)57-42-22-31-13-16-49-43(31)52-40(42)26-51-57)44(58)54-63(60,61)35-9-11-38(39(24-35)53-59)50-28-46(48)14-3-21-62-29-46/h4-11,13,16,22-24,26,50H,3,12,14-15,17-21,25,27-29H2,1-2H3,(H,49,52)(H,54,58). The van der Waals surface area contributed by atoms with Crippen LogP contribution in [0.25, 0.3) is 33.3 Å². The van der Waals surface area contributed by atoms with Gasteiger partial charge < -0.3 is 19.9 Å². The summed E-state index contributed by atoms with van der Waals surface area (Å²) in [5, 5.41) is 12.1. The van der Waals surface area contributed by atoms with Crippen molar-refractivity contribution in [3.63, 3.8) is 0 Å². The second-order valence-electron chi connectivity index (χ2n) is 17.6. The van der Waals surface area contributed by atoms with Gasteiger partial charge >= 0.3 is 0 Å². The number of nitroso groups, excluding NO2 is 1. The van der Waals surface area contributed by atoms with Crippen molar-refractivity contribution in [3.05, 3.63) is 112 Å². The minimum absolute atomic E-state index is 0.0528. The first-order valence-corrected chi connectivity index (χ1v) is 23.1. The first-order valence-electron chi connectivity index (χ1n) is 21.2. The second-order valence-corrected chi connectivity index (χ2v) is 19.7. The van der Waals surface area contributed by atoms with Crippen molar-refractivity contribution in [1.29, 1.82) is 0 Å². The van der Waals surface area contributed by atoms with Crippen LogP contribution >= 0.6 is 11.6 Å². The average molecular weight is 894 g/mol. The molecule has 0 radical (unpaired) electrons. The van der Waals surface area contributed by atoms with E-state index >= 15 is 4.39 Å². The number of amides is 1. The molecule has 63 heavy (non-hydrogen) atoms. The number of aromatic nitrogens is 4. The van der Waals surface area contributed by atoms with E-state index in [1.807, 2.05) is 36.4 Å². The van der Waals surface area contributed by atoms with Crippen LogP contribution < -0.4 is 14.9 Å². The number of nitrogens with zero attached hydrogens (tertiary/aromatic N) is 6. The van der Waals surface area contributed by atoms with Crippen LogP contribution in [-0.4, -0.2) is 97.1 Å². The summed E-state index contributed by atoms with van der Waals surface area (Å²) in [6.07, 6.45) is 7.44. The van der Waals surface area contributed by atoms with Gasteiger partial charge in [0.05, 0.1) is 46.7 Å². The molecule has 3 aliphatic rings. The first-order chi connectivity index (χ1) is 30.3. The number of nitrogens with one attached hydrogen (secondary N) is 3. The monoisotopic (exact) mass is 893 g/mol. The number of halogens is 2. The fourth-order valence-corrected chi connectivity index (χ4v) is 10.1. The Labute approximate surface area is 369 Å². The van der Waals surface area contributed by atoms with Gasteiger partial charge in [-0.1, -0.05) is 43.2 Å². The minimum atomic E-state index is -4.53. The van der Waals surface area contributed by atoms with E-state index in [0.717, 1.165) is 74.1 Å². The highest BCUT2D eigenvalue weighted by molar-refractivity contribution is 7.90. The zero-order chi connectivity index (χ0) is 43.9. The van der Waals surface area contributed by atoms with Gasteiger partial charge in [-0.2, -0.15) is 5.10 Å². The largest absolute Gasteiger partial charge is 0.380 e. The van der Waals surface area contributed by atoms with Gasteiger partial charge in [-0.3, -0.25) is 9.69 Å². The third-order valence-corrected chi connectivity index (χ3v) is 14.1. The smallest absolute Gasteiger partial charge is 0.267 e. The normalized spacial score (nSPS) is 19.7. The molecule has 3 aromatic carbocycles. The van der Waals surface area contributed by atoms with Crippen molar-refractivity contribution < 1.29 is 22.3 Å². The maximum Gasteiger partial charge on any atom is 0.267 e. The maximum absolute atomic E-state index is 15.2. The van der Waals surface area contributed by atoms with Crippen LogP contribution in [-0.2, 0) is 14.8 Å². The fourth-order valence-electron chi connectivity index (χ4n) is 8.95. The van der Waals surface area contributed by atoms with E-state index in [1.54, 1.807) is 23.1 Å². The van der Waals surface area contributed by atoms with Gasteiger partial charge in [0.2, 0.25) is 0 Å². The highest BCUT2D eigenvalue weighted by Crippen LogP contribution is 2.43. The van der Waals surface area contributed by atoms with Gasteiger partial charge in [0.25, 0.3) is 15.9 Å². The Hall–Kier alpha value is -5.68. The lowest BCUT2D eigenvalue weighted by molar-refractivity contribution is -0.0234. The van der Waals surface area contributed by atoms with E-state index in [9.17, 15) is 18.1 Å². The molecule has 0 saturated carbocycles. The number of hydrogen-bond donors (Lipinski definition) is 3. The first kappa shape index (κ1) is 42.6. The lowest BCUT2D eigenvalue weighted by Gasteiger charge is -2.39. The molecule has 14 nitrogen and oxygen atoms in total. The Morgan fingerprint density at radius 1 is 1.02 bits per heavy atom. The number of anilines is 2. The molecule has 2 aliphatic heterocycles. The SMILES string of the molecule is CC1(C)CCC(CN2CCN(c3ccc(C(=O)NS(=O)(=O)c4ccc(NCC5(F)CCCOC5)c(N=O)c4)c(-n4ncc5nc6[nH]ccc6cc54)c3)CC2)=C(c2ccc(Cl)cc2)C1. The van der Waals surface area contributed by atoms with Gasteiger partial charge in [0.1, 0.15) is 16.9 Å². The van der Waals surface area contributed by atoms with E-state index in [4.69, 9.17) is 21.3 Å². The number of pyridine rings is 1. The number of aromatic amines is 1. The number of fused-ring (bicyclic) bond motifs is 2. The molecule has 5 heterocycles. The third-order valence-electron chi connectivity index (χ3n) is 12.5. The number of rotatable bonds is 12. The van der Waals surface area contributed by atoms with Crippen LogP contribution in [0.15, 0.2) is 101 Å². The molecule has 3 aromatic heterocycles. The van der Waals surface area contributed by atoms with Crippen molar-refractivity contribution in [2.45, 2.75) is 56.5 Å². The van der Waals surface area contributed by atoms with Gasteiger partial charge in [0, 0.05) is 61.6 Å². The lowest BCUT2D eigenvalue weighted by Crippen LogP contribution is -2.47. The van der Waals surface area contributed by atoms with E-state index in [0.29, 0.717) is 35.4 Å². The summed E-state index contributed by atoms with van der Waals surface area (Å²) in [7, 11) is -4.53. The van der Waals surface area contributed by atoms with Crippen molar-refractivity contribution in [3.8, 4) is 5.69 Å². The second kappa shape index (κ2) is 17.1. The predicted molar refractivity (Wildman–Crippen MR) is 244 cm³/mol. The molecule has 1 aliphatic carbocycles. The van der Waals surface area contributed by atoms with Gasteiger partial charge in [-0.25, -0.2) is 27.2 Å². The van der Waals surface area contributed by atoms with Crippen molar-refractivity contribution >= 4 is 72.2 Å². The van der Waals surface area contributed by atoms with Crippen LogP contribution in [0.4, 0.5) is 21.5 Å². The molecule has 9 rings (SSSR count). The topological polar surface area (TPSA) is 167 Å². The molecule has 2 saturated heterocycles. The Morgan fingerprint density at radius 2 is 1.83 bits per heavy atom. The van der Waals surface area contributed by atoms with Crippen molar-refractivity contribution in [2.75, 3.05) is 62.7 Å². The molecule has 328 valence electrons. The minimum Gasteiger partial charge on any atom is -0.380 e. The number of hydrogen-bond acceptors (Lipinski definition) is 11. The highest BCUT2D eigenvalue weighted by atomic mass is 35.5. The van der Waals surface area contributed by atoms with Crippen LogP contribution in [0.5, 0.6) is 0 Å². The zero-order valence-electron chi connectivity index (χ0n) is 35.2. The van der Waals surface area contributed by atoms with Gasteiger partial charge in [-0.15, -0.1) is 4.91 Å². The van der Waals surface area contributed by atoms with Crippen LogP contribution in [0, 0.1) is 10.3 Å². The quantitative estimate of drug-likeness (QED) is 0.101. The molecule has 6 aromatic rings. The average Bonchev–Trinajstić information content (AvgIpc) is 3.92. The van der Waals surface area contributed by atoms with Crippen molar-refractivity contribution in [1.82, 2.24) is 29.4 Å². The van der Waals surface area contributed by atoms with Crippen LogP contribution in [0.2, 0.25) is 5.02 Å². The maximum atomic E-state index is 15.2. The molecule has 2 fully saturated rings. The fraction of sp³-hybridized carbons (Fsp3) is 0.370. The summed E-state index contributed by atoms with van der Waals surface area (Å²) in [5.74, 6) is -0.902. The zero-order valence-corrected chi connectivity index (χ0v) is 36.7. The highest BCUT2D eigenvalue weighted by Gasteiger charge is 2.34. The Balaban J connectivity index is 0.970. The Morgan fingerprint density at radius 3 is 2.59 bits per heavy atom. The van der Waals surface area contributed by atoms with Gasteiger partial charge in [0.15, 0.2) is 5.67 Å². The number of carbonyl (C=O) groups is 1. The summed E-state index contributed by atoms with van der Waals surface area (Å²) in [6.45, 7) is 8.92. The summed E-state index contributed by atoms with van der Waals surface area (Å²) in [4.78, 5) is 38.3. The number of piperazine rings is 1. The predicted octanol–water partition coefficient (Wildman–Crippen LogP) is 8.79. The molecule has 1 atom stereocenters. The number of alkyl halides is 1. The van der Waals surface area contributed by atoms with E-state index < -0.39 is 21.6 Å². The molecular weight excluding hydrogens is 845 g/mol. The molecule has 17 heteroatoms. The van der Waals surface area contributed by atoms with Crippen LogP contribution in [0.1, 0.15) is 61.9 Å². The number of benzene rings is 3. The van der Waals surface area contributed by atoms with E-state index in [-0.39, 0.29) is 46.8 Å². The number of ether oxygens (including phenoxy) is 1. The van der Waals surface area contributed by atoms with Gasteiger partial charge in [-0.05, 0) is 114 Å². The molecule has 3 N–H and O–H groups in total. The summed E-state index contributed by atoms with van der Waals surface area (Å²) in [5.41, 5.74) is 5.76. The third kappa shape index (κ3) is 9.08. The summed E-state index contributed by atoms with van der Waals surface area (Å²) >= 11 is 6.25. The number of allylic oxidation sites excluding steroid dienone is 1. The van der Waals surface area contributed by atoms with E-state index in [2.05, 4.69) is 61.1 Å². The number of sulfonamides is 1.